The van der Waals surface area contributed by atoms with Crippen molar-refractivity contribution in [2.24, 2.45) is 0 Å². The summed E-state index contributed by atoms with van der Waals surface area (Å²) < 4.78 is 0. The summed E-state index contributed by atoms with van der Waals surface area (Å²) in [4.78, 5) is 1.51. The molecule has 54 valence electrons. The van der Waals surface area contributed by atoms with Crippen LogP contribution in [0.3, 0.4) is 0 Å². The normalized spacial score (nSPS) is 17.6. The highest BCUT2D eigenvalue weighted by Crippen LogP contribution is 2.14. The number of thiophene rings is 1. The molecule has 0 saturated heterocycles. The van der Waals surface area contributed by atoms with Crippen LogP contribution in [-0.2, 0) is 6.54 Å². The Balaban J connectivity index is 1.79. The maximum Gasteiger partial charge on any atom is 0.111 e. The molecule has 1 aliphatic carbocycles. The summed E-state index contributed by atoms with van der Waals surface area (Å²) in [5.41, 5.74) is 0. The van der Waals surface area contributed by atoms with E-state index in [-0.39, 0.29) is 0 Å². The molecular formula is C8H12NS+. The Bertz CT molecular complexity index is 189. The van der Waals surface area contributed by atoms with Crippen LogP contribution in [0.15, 0.2) is 17.5 Å². The molecule has 10 heavy (non-hydrogen) atoms. The highest BCUT2D eigenvalue weighted by molar-refractivity contribution is 7.09. The van der Waals surface area contributed by atoms with Crippen LogP contribution in [0, 0.1) is 0 Å². The smallest absolute Gasteiger partial charge is 0.111 e. The predicted octanol–water partition coefficient (Wildman–Crippen LogP) is 0.974. The maximum atomic E-state index is 2.45. The molecule has 0 aromatic carbocycles. The highest BCUT2D eigenvalue weighted by atomic mass is 32.1. The second-order valence-corrected chi connectivity index (χ2v) is 3.89. The zero-order valence-electron chi connectivity index (χ0n) is 5.92. The molecule has 0 atom stereocenters. The third kappa shape index (κ3) is 1.58. The summed E-state index contributed by atoms with van der Waals surface area (Å²) in [6.45, 7) is 1.20. The Morgan fingerprint density at radius 2 is 2.50 bits per heavy atom. The molecule has 0 aliphatic heterocycles. The summed E-state index contributed by atoms with van der Waals surface area (Å²) >= 11 is 1.86. The minimum absolute atomic E-state index is 0.960. The molecule has 1 aromatic heterocycles. The molecule has 0 unspecified atom stereocenters. The largest absolute Gasteiger partial charge is 0.339 e. The molecule has 0 radical (unpaired) electrons. The van der Waals surface area contributed by atoms with Crippen LogP contribution in [-0.4, -0.2) is 6.04 Å². The first-order valence-corrected chi connectivity index (χ1v) is 4.69. The first kappa shape index (κ1) is 6.38. The molecule has 1 heterocycles. The maximum absolute atomic E-state index is 2.45. The van der Waals surface area contributed by atoms with Crippen molar-refractivity contribution in [1.82, 2.24) is 0 Å². The van der Waals surface area contributed by atoms with E-state index in [4.69, 9.17) is 0 Å². The Hall–Kier alpha value is -0.340. The third-order valence-electron chi connectivity index (χ3n) is 1.85. The fraction of sp³-hybridized carbons (Fsp3) is 0.500. The molecular weight excluding hydrogens is 142 g/mol. The second kappa shape index (κ2) is 2.72. The van der Waals surface area contributed by atoms with Gasteiger partial charge in [-0.25, -0.2) is 0 Å². The van der Waals surface area contributed by atoms with Gasteiger partial charge in [-0.15, -0.1) is 11.3 Å². The van der Waals surface area contributed by atoms with E-state index in [2.05, 4.69) is 22.8 Å². The van der Waals surface area contributed by atoms with Gasteiger partial charge in [0.1, 0.15) is 6.54 Å². The van der Waals surface area contributed by atoms with Crippen molar-refractivity contribution in [3.8, 4) is 0 Å². The lowest BCUT2D eigenvalue weighted by Crippen LogP contribution is -2.84. The first-order chi connectivity index (χ1) is 4.95. The predicted molar refractivity (Wildman–Crippen MR) is 43.0 cm³/mol. The number of hydrogen-bond acceptors (Lipinski definition) is 1. The van der Waals surface area contributed by atoms with Gasteiger partial charge >= 0.3 is 0 Å². The lowest BCUT2D eigenvalue weighted by Gasteiger charge is -1.93. The molecule has 0 spiro atoms. The van der Waals surface area contributed by atoms with Gasteiger partial charge in [0.2, 0.25) is 0 Å². The van der Waals surface area contributed by atoms with Gasteiger partial charge in [0, 0.05) is 12.8 Å². The molecule has 1 nitrogen and oxygen atoms in total. The van der Waals surface area contributed by atoms with Gasteiger partial charge in [-0.3, -0.25) is 0 Å². The molecule has 2 rings (SSSR count). The monoisotopic (exact) mass is 154 g/mol. The van der Waals surface area contributed by atoms with Gasteiger partial charge in [-0.2, -0.15) is 0 Å². The molecule has 0 amide bonds. The summed E-state index contributed by atoms with van der Waals surface area (Å²) in [6.07, 6.45) is 2.87. The Morgan fingerprint density at radius 1 is 1.60 bits per heavy atom. The van der Waals surface area contributed by atoms with E-state index in [0.717, 1.165) is 6.04 Å². The molecule has 1 aromatic rings. The van der Waals surface area contributed by atoms with Crippen molar-refractivity contribution >= 4 is 11.3 Å². The Labute approximate surface area is 65.1 Å². The molecule has 2 N–H and O–H groups in total. The zero-order chi connectivity index (χ0) is 6.81. The van der Waals surface area contributed by atoms with Crippen molar-refractivity contribution in [3.05, 3.63) is 22.4 Å². The fourth-order valence-corrected chi connectivity index (χ4v) is 1.72. The van der Waals surface area contributed by atoms with Crippen molar-refractivity contribution in [2.75, 3.05) is 0 Å². The van der Waals surface area contributed by atoms with Crippen LogP contribution in [0.25, 0.3) is 0 Å². The number of hydrogen-bond donors (Lipinski definition) is 1. The summed E-state index contributed by atoms with van der Waals surface area (Å²) in [7, 11) is 0. The molecule has 2 heteroatoms. The van der Waals surface area contributed by atoms with Crippen LogP contribution >= 0.6 is 11.3 Å². The molecule has 1 fully saturated rings. The van der Waals surface area contributed by atoms with Crippen LogP contribution in [0.2, 0.25) is 0 Å². The molecule has 1 aliphatic rings. The standard InChI is InChI=1S/C8H11NS/c1-2-8(10-5-1)6-9-7-3-4-7/h1-2,5,7,9H,3-4,6H2/p+1. The van der Waals surface area contributed by atoms with Crippen LogP contribution in [0.4, 0.5) is 0 Å². The molecule has 1 saturated carbocycles. The van der Waals surface area contributed by atoms with E-state index >= 15 is 0 Å². The van der Waals surface area contributed by atoms with Crippen LogP contribution < -0.4 is 5.32 Å². The van der Waals surface area contributed by atoms with Gasteiger partial charge in [0.15, 0.2) is 0 Å². The number of quaternary nitrogens is 1. The SMILES string of the molecule is c1csc(C[NH2+]C2CC2)c1. The van der Waals surface area contributed by atoms with Gasteiger partial charge in [0.05, 0.1) is 10.9 Å². The average Bonchev–Trinajstić information content (AvgIpc) is 2.63. The number of rotatable bonds is 3. The zero-order valence-corrected chi connectivity index (χ0v) is 6.73. The van der Waals surface area contributed by atoms with Gasteiger partial charge in [-0.05, 0) is 11.4 Å². The molecule has 0 bridgehead atoms. The van der Waals surface area contributed by atoms with Crippen molar-refractivity contribution in [1.29, 1.82) is 0 Å². The first-order valence-electron chi connectivity index (χ1n) is 3.81. The lowest BCUT2D eigenvalue weighted by atomic mass is 10.4. The van der Waals surface area contributed by atoms with E-state index in [1.54, 1.807) is 0 Å². The van der Waals surface area contributed by atoms with Crippen LogP contribution in [0.1, 0.15) is 17.7 Å². The third-order valence-corrected chi connectivity index (χ3v) is 2.75. The number of nitrogens with two attached hydrogens (primary N) is 1. The Kier molecular flexibility index (Phi) is 1.74. The minimum atomic E-state index is 0.960. The highest BCUT2D eigenvalue weighted by Gasteiger charge is 2.24. The van der Waals surface area contributed by atoms with Crippen molar-refractivity contribution in [3.63, 3.8) is 0 Å². The fourth-order valence-electron chi connectivity index (χ4n) is 1.04. The van der Waals surface area contributed by atoms with E-state index in [0.29, 0.717) is 0 Å². The average molecular weight is 154 g/mol. The van der Waals surface area contributed by atoms with E-state index in [1.165, 1.54) is 24.3 Å². The van der Waals surface area contributed by atoms with Crippen molar-refractivity contribution < 1.29 is 5.32 Å². The summed E-state index contributed by atoms with van der Waals surface area (Å²) in [5, 5.41) is 4.60. The van der Waals surface area contributed by atoms with Gasteiger partial charge in [0.25, 0.3) is 0 Å². The lowest BCUT2D eigenvalue weighted by molar-refractivity contribution is -0.683. The minimum Gasteiger partial charge on any atom is -0.339 e. The summed E-state index contributed by atoms with van der Waals surface area (Å²) in [5.74, 6) is 0. The quantitative estimate of drug-likeness (QED) is 0.668. The second-order valence-electron chi connectivity index (χ2n) is 2.86. The van der Waals surface area contributed by atoms with E-state index < -0.39 is 0 Å². The van der Waals surface area contributed by atoms with Crippen LogP contribution in [0.5, 0.6) is 0 Å². The topological polar surface area (TPSA) is 16.6 Å². The Morgan fingerprint density at radius 3 is 3.10 bits per heavy atom. The van der Waals surface area contributed by atoms with E-state index in [1.807, 2.05) is 11.3 Å². The van der Waals surface area contributed by atoms with Crippen molar-refractivity contribution in [2.45, 2.75) is 25.4 Å². The van der Waals surface area contributed by atoms with Gasteiger partial charge < -0.3 is 5.32 Å². The van der Waals surface area contributed by atoms with Gasteiger partial charge in [-0.1, -0.05) is 6.07 Å². The van der Waals surface area contributed by atoms with E-state index in [9.17, 15) is 0 Å². The summed E-state index contributed by atoms with van der Waals surface area (Å²) in [6, 6.07) is 5.30.